The Kier molecular flexibility index (Phi) is 8.23. The lowest BCUT2D eigenvalue weighted by atomic mass is 10.2. The lowest BCUT2D eigenvalue weighted by Gasteiger charge is -2.07. The fourth-order valence-electron chi connectivity index (χ4n) is 1.80. The highest BCUT2D eigenvalue weighted by atomic mass is 35.5. The summed E-state index contributed by atoms with van der Waals surface area (Å²) in [6, 6.07) is 9.24. The molecule has 1 heterocycles. The topological polar surface area (TPSA) is 42.2 Å². The third-order valence-electron chi connectivity index (χ3n) is 2.93. The Hall–Kier alpha value is -0.750. The molecule has 1 amide bonds. The van der Waals surface area contributed by atoms with E-state index in [0.29, 0.717) is 28.1 Å². The van der Waals surface area contributed by atoms with Gasteiger partial charge in [0.2, 0.25) is 5.91 Å². The number of hydrogen-bond acceptors (Lipinski definition) is 4. The largest absolute Gasteiger partial charge is 0.468 e. The van der Waals surface area contributed by atoms with Crippen LogP contribution < -0.4 is 5.32 Å². The minimum atomic E-state index is 0.0248. The first-order chi connectivity index (χ1) is 11.2. The predicted octanol–water partition coefficient (Wildman–Crippen LogP) is 4.87. The highest BCUT2D eigenvalue weighted by molar-refractivity contribution is 7.99. The molecule has 0 aliphatic rings. The Morgan fingerprint density at radius 2 is 1.87 bits per heavy atom. The summed E-state index contributed by atoms with van der Waals surface area (Å²) in [6.07, 6.45) is 1.67. The van der Waals surface area contributed by atoms with Crippen LogP contribution in [0.3, 0.4) is 0 Å². The van der Waals surface area contributed by atoms with E-state index in [0.717, 1.165) is 22.8 Å². The van der Waals surface area contributed by atoms with Gasteiger partial charge >= 0.3 is 0 Å². The van der Waals surface area contributed by atoms with Gasteiger partial charge in [0.25, 0.3) is 0 Å². The van der Waals surface area contributed by atoms with E-state index in [9.17, 15) is 4.79 Å². The fraction of sp³-hybridized carbons (Fsp3) is 0.312. The molecule has 0 saturated heterocycles. The van der Waals surface area contributed by atoms with E-state index in [2.05, 4.69) is 5.32 Å². The van der Waals surface area contributed by atoms with Crippen LogP contribution >= 0.6 is 46.7 Å². The Labute approximate surface area is 154 Å². The number of halogens is 2. The molecule has 0 aliphatic carbocycles. The van der Waals surface area contributed by atoms with Gasteiger partial charge in [-0.1, -0.05) is 29.3 Å². The van der Waals surface area contributed by atoms with Gasteiger partial charge < -0.3 is 9.73 Å². The highest BCUT2D eigenvalue weighted by Crippen LogP contribution is 2.28. The van der Waals surface area contributed by atoms with E-state index in [1.54, 1.807) is 30.2 Å². The Bertz CT molecular complexity index is 600. The van der Waals surface area contributed by atoms with Crippen molar-refractivity contribution in [3.63, 3.8) is 0 Å². The second-order valence-corrected chi connectivity index (χ2v) is 7.58. The number of benzene rings is 1. The van der Waals surface area contributed by atoms with Gasteiger partial charge in [-0.2, -0.15) is 11.8 Å². The molecule has 0 spiro atoms. The number of amides is 1. The van der Waals surface area contributed by atoms with Crippen molar-refractivity contribution < 1.29 is 9.21 Å². The maximum atomic E-state index is 11.8. The molecule has 0 fully saturated rings. The van der Waals surface area contributed by atoms with Crippen molar-refractivity contribution in [2.45, 2.75) is 11.5 Å². The van der Waals surface area contributed by atoms with E-state index in [-0.39, 0.29) is 5.91 Å². The molecule has 0 bridgehead atoms. The molecule has 0 atom stereocenters. The van der Waals surface area contributed by atoms with Crippen LogP contribution in [0.2, 0.25) is 10.0 Å². The summed E-state index contributed by atoms with van der Waals surface area (Å²) in [6.45, 7) is 0.650. The molecule has 1 aromatic carbocycles. The third-order valence-corrected chi connectivity index (χ3v) is 5.58. The SMILES string of the molecule is O=C(CSCc1c(Cl)cccc1Cl)NCCSCc1ccco1. The number of carbonyl (C=O) groups excluding carboxylic acids is 1. The van der Waals surface area contributed by atoms with E-state index in [4.69, 9.17) is 27.6 Å². The number of hydrogen-bond donors (Lipinski definition) is 1. The lowest BCUT2D eigenvalue weighted by Crippen LogP contribution is -2.27. The Morgan fingerprint density at radius 1 is 1.09 bits per heavy atom. The fourth-order valence-corrected chi connectivity index (χ4v) is 4.15. The standard InChI is InChI=1S/C16H17Cl2NO2S2/c17-14-4-1-5-15(18)13(14)10-23-11-16(20)19-6-8-22-9-12-3-2-7-21-12/h1-5,7H,6,8-11H2,(H,19,20). The van der Waals surface area contributed by atoms with Gasteiger partial charge in [0.15, 0.2) is 0 Å². The first-order valence-electron chi connectivity index (χ1n) is 7.04. The summed E-state index contributed by atoms with van der Waals surface area (Å²) in [5.74, 6) is 3.67. The van der Waals surface area contributed by atoms with Crippen molar-refractivity contribution >= 4 is 52.6 Å². The van der Waals surface area contributed by atoms with Gasteiger partial charge in [0, 0.05) is 28.1 Å². The minimum Gasteiger partial charge on any atom is -0.468 e. The smallest absolute Gasteiger partial charge is 0.230 e. The molecule has 23 heavy (non-hydrogen) atoms. The molecule has 2 aromatic rings. The zero-order valence-electron chi connectivity index (χ0n) is 12.4. The molecule has 0 unspecified atom stereocenters. The number of thioether (sulfide) groups is 2. The monoisotopic (exact) mass is 389 g/mol. The van der Waals surface area contributed by atoms with Crippen molar-refractivity contribution in [2.24, 2.45) is 0 Å². The third kappa shape index (κ3) is 6.71. The molecule has 7 heteroatoms. The van der Waals surface area contributed by atoms with Gasteiger partial charge in [-0.05, 0) is 29.8 Å². The average Bonchev–Trinajstić information content (AvgIpc) is 3.03. The van der Waals surface area contributed by atoms with E-state index in [1.807, 2.05) is 18.2 Å². The van der Waals surface area contributed by atoms with Crippen LogP contribution in [0.15, 0.2) is 41.0 Å². The van der Waals surface area contributed by atoms with Crippen molar-refractivity contribution in [3.05, 3.63) is 58.0 Å². The second kappa shape index (κ2) is 10.2. The molecule has 1 N–H and O–H groups in total. The van der Waals surface area contributed by atoms with E-state index >= 15 is 0 Å². The van der Waals surface area contributed by atoms with Crippen LogP contribution in [0, 0.1) is 0 Å². The van der Waals surface area contributed by atoms with Crippen molar-refractivity contribution in [2.75, 3.05) is 18.1 Å². The summed E-state index contributed by atoms with van der Waals surface area (Å²) in [5, 5.41) is 4.18. The van der Waals surface area contributed by atoms with Crippen LogP contribution in [-0.4, -0.2) is 24.0 Å². The summed E-state index contributed by atoms with van der Waals surface area (Å²) < 4.78 is 5.24. The highest BCUT2D eigenvalue weighted by Gasteiger charge is 2.07. The summed E-state index contributed by atoms with van der Waals surface area (Å²) >= 11 is 15.4. The summed E-state index contributed by atoms with van der Waals surface area (Å²) in [5.41, 5.74) is 0.877. The molecule has 124 valence electrons. The number of rotatable bonds is 9. The van der Waals surface area contributed by atoms with Crippen LogP contribution in [0.1, 0.15) is 11.3 Å². The van der Waals surface area contributed by atoms with Gasteiger partial charge in [-0.15, -0.1) is 11.8 Å². The van der Waals surface area contributed by atoms with Crippen molar-refractivity contribution in [1.82, 2.24) is 5.32 Å². The van der Waals surface area contributed by atoms with Crippen LogP contribution in [-0.2, 0) is 16.3 Å². The number of furan rings is 1. The minimum absolute atomic E-state index is 0.0248. The molecule has 0 radical (unpaired) electrons. The van der Waals surface area contributed by atoms with E-state index < -0.39 is 0 Å². The molecule has 1 aromatic heterocycles. The van der Waals surface area contributed by atoms with Crippen LogP contribution in [0.5, 0.6) is 0 Å². The maximum absolute atomic E-state index is 11.8. The lowest BCUT2D eigenvalue weighted by molar-refractivity contribution is -0.118. The van der Waals surface area contributed by atoms with Gasteiger partial charge in [0.05, 0.1) is 17.8 Å². The number of carbonyl (C=O) groups is 1. The zero-order valence-corrected chi connectivity index (χ0v) is 15.5. The maximum Gasteiger partial charge on any atom is 0.230 e. The first kappa shape index (κ1) is 18.6. The summed E-state index contributed by atoms with van der Waals surface area (Å²) in [7, 11) is 0. The molecular formula is C16H17Cl2NO2S2. The van der Waals surface area contributed by atoms with E-state index in [1.165, 1.54) is 11.8 Å². The van der Waals surface area contributed by atoms with Crippen LogP contribution in [0.4, 0.5) is 0 Å². The molecule has 3 nitrogen and oxygen atoms in total. The average molecular weight is 390 g/mol. The Morgan fingerprint density at radius 3 is 2.57 bits per heavy atom. The summed E-state index contributed by atoms with van der Waals surface area (Å²) in [4.78, 5) is 11.8. The van der Waals surface area contributed by atoms with Gasteiger partial charge in [-0.25, -0.2) is 0 Å². The quantitative estimate of drug-likeness (QED) is 0.621. The van der Waals surface area contributed by atoms with Crippen LogP contribution in [0.25, 0.3) is 0 Å². The molecule has 0 saturated carbocycles. The number of nitrogens with one attached hydrogen (secondary N) is 1. The predicted molar refractivity (Wildman–Crippen MR) is 101 cm³/mol. The first-order valence-corrected chi connectivity index (χ1v) is 10.1. The second-order valence-electron chi connectivity index (χ2n) is 4.67. The van der Waals surface area contributed by atoms with Gasteiger partial charge in [-0.3, -0.25) is 4.79 Å². The normalized spacial score (nSPS) is 10.7. The van der Waals surface area contributed by atoms with Crippen molar-refractivity contribution in [3.8, 4) is 0 Å². The zero-order chi connectivity index (χ0) is 16.5. The van der Waals surface area contributed by atoms with Gasteiger partial charge in [0.1, 0.15) is 5.76 Å². The molecular weight excluding hydrogens is 373 g/mol. The molecule has 2 rings (SSSR count). The van der Waals surface area contributed by atoms with Crippen molar-refractivity contribution in [1.29, 1.82) is 0 Å². The molecule has 0 aliphatic heterocycles. The Balaban J connectivity index is 1.56.